The van der Waals surface area contributed by atoms with Crippen LogP contribution >= 0.6 is 0 Å². The molecular weight excluding hydrogens is 230 g/mol. The maximum Gasteiger partial charge on any atom is 0.305 e. The monoisotopic (exact) mass is 251 g/mol. The van der Waals surface area contributed by atoms with Gasteiger partial charge in [-0.2, -0.15) is 0 Å². The molecule has 0 radical (unpaired) electrons. The average Bonchev–Trinajstić information content (AvgIpc) is 2.37. The highest BCUT2D eigenvalue weighted by Crippen LogP contribution is 2.21. The molecule has 100 valence electrons. The number of benzene rings is 1. The Balaban J connectivity index is 2.18. The summed E-state index contributed by atoms with van der Waals surface area (Å²) in [5, 5.41) is 0. The average molecular weight is 251 g/mol. The number of nitrogen functional groups attached to an aromatic ring is 1. The first-order valence-electron chi connectivity index (χ1n) is 6.19. The molecule has 2 N–H and O–H groups in total. The molecule has 0 saturated heterocycles. The minimum Gasteiger partial charge on any atom is -0.493 e. The van der Waals surface area contributed by atoms with Crippen LogP contribution in [0.15, 0.2) is 18.2 Å². The molecule has 0 spiro atoms. The zero-order valence-electron chi connectivity index (χ0n) is 11.1. The lowest BCUT2D eigenvalue weighted by Gasteiger charge is -2.09. The second kappa shape index (κ2) is 7.58. The summed E-state index contributed by atoms with van der Waals surface area (Å²) in [6.07, 6.45) is 3.20. The summed E-state index contributed by atoms with van der Waals surface area (Å²) in [7, 11) is 1.41. The normalized spacial score (nSPS) is 10.1. The van der Waals surface area contributed by atoms with Gasteiger partial charge in [0.25, 0.3) is 0 Å². The van der Waals surface area contributed by atoms with E-state index < -0.39 is 0 Å². The van der Waals surface area contributed by atoms with Gasteiger partial charge in [-0.15, -0.1) is 0 Å². The van der Waals surface area contributed by atoms with Gasteiger partial charge >= 0.3 is 5.97 Å². The van der Waals surface area contributed by atoms with Crippen LogP contribution in [-0.2, 0) is 9.53 Å². The molecule has 1 aromatic rings. The van der Waals surface area contributed by atoms with E-state index >= 15 is 0 Å². The first kappa shape index (κ1) is 14.4. The van der Waals surface area contributed by atoms with Gasteiger partial charge in [0, 0.05) is 18.2 Å². The lowest BCUT2D eigenvalue weighted by Crippen LogP contribution is -2.02. The van der Waals surface area contributed by atoms with Crippen molar-refractivity contribution in [2.24, 2.45) is 0 Å². The Bertz CT molecular complexity index is 391. The van der Waals surface area contributed by atoms with E-state index in [0.29, 0.717) is 18.7 Å². The molecule has 0 fully saturated rings. The number of unbranched alkanes of at least 4 members (excludes halogenated alkanes) is 2. The number of anilines is 1. The van der Waals surface area contributed by atoms with Crippen LogP contribution in [-0.4, -0.2) is 19.7 Å². The summed E-state index contributed by atoms with van der Waals surface area (Å²) in [6, 6.07) is 5.64. The van der Waals surface area contributed by atoms with Crippen LogP contribution in [0.3, 0.4) is 0 Å². The molecule has 0 bridgehead atoms. The fourth-order valence-electron chi connectivity index (χ4n) is 1.60. The number of methoxy groups -OCH3 is 1. The Morgan fingerprint density at radius 3 is 2.78 bits per heavy atom. The van der Waals surface area contributed by atoms with Crippen molar-refractivity contribution in [3.63, 3.8) is 0 Å². The molecule has 0 atom stereocenters. The molecule has 4 heteroatoms. The highest BCUT2D eigenvalue weighted by molar-refractivity contribution is 5.68. The number of nitrogens with two attached hydrogens (primary N) is 1. The number of hydrogen-bond donors (Lipinski definition) is 1. The zero-order valence-corrected chi connectivity index (χ0v) is 11.1. The van der Waals surface area contributed by atoms with Crippen molar-refractivity contribution >= 4 is 11.7 Å². The van der Waals surface area contributed by atoms with E-state index in [4.69, 9.17) is 10.5 Å². The molecule has 0 saturated carbocycles. The zero-order chi connectivity index (χ0) is 13.4. The molecule has 0 unspecified atom stereocenters. The summed E-state index contributed by atoms with van der Waals surface area (Å²) in [6.45, 7) is 2.64. The Morgan fingerprint density at radius 2 is 2.06 bits per heavy atom. The van der Waals surface area contributed by atoms with Crippen LogP contribution in [0.5, 0.6) is 5.75 Å². The topological polar surface area (TPSA) is 61.5 Å². The largest absolute Gasteiger partial charge is 0.493 e. The summed E-state index contributed by atoms with van der Waals surface area (Å²) >= 11 is 0. The number of carbonyl (C=O) groups excluding carboxylic acids is 1. The lowest BCUT2D eigenvalue weighted by atomic mass is 10.2. The number of esters is 1. The first-order valence-corrected chi connectivity index (χ1v) is 6.19. The van der Waals surface area contributed by atoms with Crippen molar-refractivity contribution in [2.45, 2.75) is 32.6 Å². The van der Waals surface area contributed by atoms with Crippen LogP contribution in [0.2, 0.25) is 0 Å². The predicted molar refractivity (Wildman–Crippen MR) is 71.6 cm³/mol. The molecule has 0 aliphatic rings. The third kappa shape index (κ3) is 5.08. The minimum absolute atomic E-state index is 0.150. The molecule has 18 heavy (non-hydrogen) atoms. The third-order valence-electron chi connectivity index (χ3n) is 2.72. The highest BCUT2D eigenvalue weighted by Gasteiger charge is 2.01. The lowest BCUT2D eigenvalue weighted by molar-refractivity contribution is -0.140. The van der Waals surface area contributed by atoms with E-state index in [1.165, 1.54) is 7.11 Å². The van der Waals surface area contributed by atoms with Crippen molar-refractivity contribution < 1.29 is 14.3 Å². The molecule has 4 nitrogen and oxygen atoms in total. The van der Waals surface area contributed by atoms with E-state index in [1.807, 2.05) is 25.1 Å². The van der Waals surface area contributed by atoms with Gasteiger partial charge in [0.05, 0.1) is 13.7 Å². The van der Waals surface area contributed by atoms with E-state index in [1.54, 1.807) is 0 Å². The smallest absolute Gasteiger partial charge is 0.305 e. The standard InChI is InChI=1S/C14H21NO3/c1-11-7-8-12(15)10-13(11)18-9-5-3-4-6-14(16)17-2/h7-8,10H,3-6,9,15H2,1-2H3. The minimum atomic E-state index is -0.150. The van der Waals surface area contributed by atoms with E-state index in [0.717, 1.165) is 30.6 Å². The van der Waals surface area contributed by atoms with Crippen LogP contribution in [0.1, 0.15) is 31.2 Å². The summed E-state index contributed by atoms with van der Waals surface area (Å²) in [4.78, 5) is 10.9. The molecule has 1 rings (SSSR count). The second-order valence-corrected chi connectivity index (χ2v) is 4.26. The van der Waals surface area contributed by atoms with Crippen molar-refractivity contribution in [1.29, 1.82) is 0 Å². The number of rotatable bonds is 7. The van der Waals surface area contributed by atoms with Crippen LogP contribution in [0.25, 0.3) is 0 Å². The SMILES string of the molecule is COC(=O)CCCCCOc1cc(N)ccc1C. The Kier molecular flexibility index (Phi) is 6.05. The van der Waals surface area contributed by atoms with Gasteiger partial charge in [0.1, 0.15) is 5.75 Å². The predicted octanol–water partition coefficient (Wildman–Crippen LogP) is 2.69. The van der Waals surface area contributed by atoms with Crippen molar-refractivity contribution in [3.05, 3.63) is 23.8 Å². The third-order valence-corrected chi connectivity index (χ3v) is 2.72. The quantitative estimate of drug-likeness (QED) is 0.460. The fourth-order valence-corrected chi connectivity index (χ4v) is 1.60. The second-order valence-electron chi connectivity index (χ2n) is 4.26. The molecular formula is C14H21NO3. The van der Waals surface area contributed by atoms with Gasteiger partial charge in [-0.25, -0.2) is 0 Å². The Morgan fingerprint density at radius 1 is 1.28 bits per heavy atom. The van der Waals surface area contributed by atoms with Crippen molar-refractivity contribution in [2.75, 3.05) is 19.5 Å². The van der Waals surface area contributed by atoms with Crippen LogP contribution in [0, 0.1) is 6.92 Å². The van der Waals surface area contributed by atoms with Gasteiger partial charge in [-0.1, -0.05) is 6.07 Å². The molecule has 0 aliphatic carbocycles. The maximum atomic E-state index is 10.9. The molecule has 0 aliphatic heterocycles. The number of carbonyl (C=O) groups is 1. The summed E-state index contributed by atoms with van der Waals surface area (Å²) in [5.41, 5.74) is 7.49. The maximum absolute atomic E-state index is 10.9. The van der Waals surface area contributed by atoms with Gasteiger partial charge in [0.15, 0.2) is 0 Å². The fraction of sp³-hybridized carbons (Fsp3) is 0.500. The number of aryl methyl sites for hydroxylation is 1. The van der Waals surface area contributed by atoms with Crippen LogP contribution in [0.4, 0.5) is 5.69 Å². The van der Waals surface area contributed by atoms with Gasteiger partial charge in [0.2, 0.25) is 0 Å². The summed E-state index contributed by atoms with van der Waals surface area (Å²) < 4.78 is 10.2. The summed E-state index contributed by atoms with van der Waals surface area (Å²) in [5.74, 6) is 0.686. The van der Waals surface area contributed by atoms with E-state index in [2.05, 4.69) is 4.74 Å². The van der Waals surface area contributed by atoms with Gasteiger partial charge in [-0.3, -0.25) is 4.79 Å². The van der Waals surface area contributed by atoms with Crippen LogP contribution < -0.4 is 10.5 Å². The van der Waals surface area contributed by atoms with Gasteiger partial charge < -0.3 is 15.2 Å². The van der Waals surface area contributed by atoms with Crippen molar-refractivity contribution in [3.8, 4) is 5.75 Å². The van der Waals surface area contributed by atoms with E-state index in [-0.39, 0.29) is 5.97 Å². The Labute approximate surface area is 108 Å². The number of ether oxygens (including phenoxy) is 2. The number of hydrogen-bond acceptors (Lipinski definition) is 4. The molecule has 0 aromatic heterocycles. The molecule has 0 heterocycles. The first-order chi connectivity index (χ1) is 8.63. The van der Waals surface area contributed by atoms with Crippen molar-refractivity contribution in [1.82, 2.24) is 0 Å². The Hall–Kier alpha value is -1.71. The molecule has 0 amide bonds. The highest BCUT2D eigenvalue weighted by atomic mass is 16.5. The van der Waals surface area contributed by atoms with Gasteiger partial charge in [-0.05, 0) is 37.8 Å². The molecule has 1 aromatic carbocycles. The van der Waals surface area contributed by atoms with E-state index in [9.17, 15) is 4.79 Å².